The van der Waals surface area contributed by atoms with Crippen LogP contribution in [0.1, 0.15) is 12.5 Å². The van der Waals surface area contributed by atoms with E-state index in [1.807, 2.05) is 24.3 Å². The smallest absolute Gasteiger partial charge is 0.318 e. The lowest BCUT2D eigenvalue weighted by Gasteiger charge is -2.27. The number of carbonyl (C=O) groups excluding carboxylic acids is 1. The van der Waals surface area contributed by atoms with Gasteiger partial charge >= 0.3 is 5.97 Å². The third-order valence-corrected chi connectivity index (χ3v) is 3.61. The third-order valence-electron chi connectivity index (χ3n) is 2.89. The average Bonchev–Trinajstić information content (AvgIpc) is 2.39. The third kappa shape index (κ3) is 2.46. The van der Waals surface area contributed by atoms with Crippen LogP contribution >= 0.6 is 22.6 Å². The molecule has 0 aliphatic carbocycles. The molecular formula is C13H11IN2O2. The van der Waals surface area contributed by atoms with Crippen molar-refractivity contribution in [3.8, 4) is 12.1 Å². The summed E-state index contributed by atoms with van der Waals surface area (Å²) in [7, 11) is 1.25. The quantitative estimate of drug-likeness (QED) is 0.617. The van der Waals surface area contributed by atoms with Crippen LogP contribution in [0.3, 0.4) is 0 Å². The van der Waals surface area contributed by atoms with E-state index in [9.17, 15) is 4.79 Å². The van der Waals surface area contributed by atoms with Gasteiger partial charge in [0.15, 0.2) is 5.92 Å². The molecule has 0 fully saturated rings. The Hall–Kier alpha value is -1.60. The number of hydrogen-bond acceptors (Lipinski definition) is 4. The zero-order valence-corrected chi connectivity index (χ0v) is 12.1. The molecule has 0 spiro atoms. The van der Waals surface area contributed by atoms with Gasteiger partial charge in [-0.05, 0) is 47.2 Å². The minimum Gasteiger partial charge on any atom is -0.468 e. The first-order valence-electron chi connectivity index (χ1n) is 5.14. The SMILES string of the molecule is COC(=O)[C@@](C)(c1ccc(I)cc1)C(C#N)C#N. The summed E-state index contributed by atoms with van der Waals surface area (Å²) in [5.41, 5.74) is -0.675. The van der Waals surface area contributed by atoms with Gasteiger partial charge in [0.1, 0.15) is 5.41 Å². The molecule has 1 rings (SSSR count). The fraction of sp³-hybridized carbons (Fsp3) is 0.308. The van der Waals surface area contributed by atoms with E-state index in [4.69, 9.17) is 15.3 Å². The minimum absolute atomic E-state index is 0.586. The highest BCUT2D eigenvalue weighted by Crippen LogP contribution is 2.33. The van der Waals surface area contributed by atoms with Gasteiger partial charge in [-0.15, -0.1) is 0 Å². The monoisotopic (exact) mass is 354 g/mol. The molecule has 0 saturated heterocycles. The molecule has 5 heteroatoms. The predicted octanol–water partition coefficient (Wildman–Crippen LogP) is 2.39. The van der Waals surface area contributed by atoms with Crippen molar-refractivity contribution in [1.82, 2.24) is 0 Å². The fourth-order valence-electron chi connectivity index (χ4n) is 1.70. The van der Waals surface area contributed by atoms with E-state index in [2.05, 4.69) is 22.6 Å². The van der Waals surface area contributed by atoms with Crippen LogP contribution < -0.4 is 0 Å². The van der Waals surface area contributed by atoms with E-state index in [1.54, 1.807) is 19.1 Å². The summed E-state index contributed by atoms with van der Waals surface area (Å²) in [4.78, 5) is 12.0. The fourth-order valence-corrected chi connectivity index (χ4v) is 2.06. The predicted molar refractivity (Wildman–Crippen MR) is 73.2 cm³/mol. The summed E-state index contributed by atoms with van der Waals surface area (Å²) in [5.74, 6) is -1.68. The Morgan fingerprint density at radius 3 is 2.22 bits per heavy atom. The van der Waals surface area contributed by atoms with Crippen LogP contribution in [0.4, 0.5) is 0 Å². The summed E-state index contributed by atoms with van der Waals surface area (Å²) in [5, 5.41) is 18.1. The molecule has 4 nitrogen and oxygen atoms in total. The van der Waals surface area contributed by atoms with Crippen molar-refractivity contribution in [3.63, 3.8) is 0 Å². The number of benzene rings is 1. The van der Waals surface area contributed by atoms with Gasteiger partial charge < -0.3 is 4.74 Å². The van der Waals surface area contributed by atoms with E-state index < -0.39 is 17.3 Å². The normalized spacial score (nSPS) is 13.2. The molecule has 0 N–H and O–H groups in total. The molecule has 0 amide bonds. The first-order valence-corrected chi connectivity index (χ1v) is 6.22. The van der Waals surface area contributed by atoms with Crippen molar-refractivity contribution in [2.24, 2.45) is 5.92 Å². The molecule has 18 heavy (non-hydrogen) atoms. The number of carbonyl (C=O) groups is 1. The van der Waals surface area contributed by atoms with Gasteiger partial charge in [0, 0.05) is 3.57 Å². The van der Waals surface area contributed by atoms with Crippen molar-refractivity contribution in [1.29, 1.82) is 10.5 Å². The van der Waals surface area contributed by atoms with Crippen LogP contribution in [-0.4, -0.2) is 13.1 Å². The summed E-state index contributed by atoms with van der Waals surface area (Å²) >= 11 is 2.14. The molecular weight excluding hydrogens is 343 g/mol. The second kappa shape index (κ2) is 5.83. The molecule has 0 radical (unpaired) electrons. The summed E-state index contributed by atoms with van der Waals surface area (Å²) < 4.78 is 5.75. The van der Waals surface area contributed by atoms with Gasteiger partial charge in [-0.3, -0.25) is 4.79 Å². The van der Waals surface area contributed by atoms with Gasteiger partial charge in [0.05, 0.1) is 19.2 Å². The van der Waals surface area contributed by atoms with Crippen LogP contribution in [-0.2, 0) is 14.9 Å². The highest BCUT2D eigenvalue weighted by Gasteiger charge is 2.45. The Kier molecular flexibility index (Phi) is 4.69. The number of methoxy groups -OCH3 is 1. The van der Waals surface area contributed by atoms with Crippen LogP contribution in [0.15, 0.2) is 24.3 Å². The summed E-state index contributed by atoms with van der Waals surface area (Å²) in [6.07, 6.45) is 0. The average molecular weight is 354 g/mol. The van der Waals surface area contributed by atoms with E-state index in [1.165, 1.54) is 7.11 Å². The van der Waals surface area contributed by atoms with E-state index in [0.29, 0.717) is 5.56 Å². The van der Waals surface area contributed by atoms with Crippen molar-refractivity contribution in [2.75, 3.05) is 7.11 Å². The number of nitrogens with zero attached hydrogens (tertiary/aromatic N) is 2. The maximum atomic E-state index is 12.0. The van der Waals surface area contributed by atoms with Crippen LogP contribution in [0, 0.1) is 32.2 Å². The molecule has 1 atom stereocenters. The highest BCUT2D eigenvalue weighted by atomic mass is 127. The minimum atomic E-state index is -1.28. The van der Waals surface area contributed by atoms with Crippen LogP contribution in [0.25, 0.3) is 0 Å². The lowest BCUT2D eigenvalue weighted by Crippen LogP contribution is -2.40. The zero-order valence-electron chi connectivity index (χ0n) is 9.98. The maximum Gasteiger partial charge on any atom is 0.318 e. The van der Waals surface area contributed by atoms with E-state index in [0.717, 1.165) is 3.57 Å². The molecule has 92 valence electrons. The number of rotatable bonds is 3. The lowest BCUT2D eigenvalue weighted by molar-refractivity contribution is -0.147. The Labute approximate surface area is 119 Å². The molecule has 0 unspecified atom stereocenters. The Morgan fingerprint density at radius 2 is 1.83 bits per heavy atom. The largest absolute Gasteiger partial charge is 0.468 e. The Balaban J connectivity index is 3.39. The number of esters is 1. The number of ether oxygens (including phenoxy) is 1. The van der Waals surface area contributed by atoms with Gasteiger partial charge in [0.2, 0.25) is 0 Å². The molecule has 0 aliphatic heterocycles. The van der Waals surface area contributed by atoms with E-state index >= 15 is 0 Å². The van der Waals surface area contributed by atoms with E-state index in [-0.39, 0.29) is 0 Å². The second-order valence-corrected chi connectivity index (χ2v) is 5.14. The molecule has 1 aromatic carbocycles. The molecule has 0 saturated carbocycles. The molecule has 0 aliphatic rings. The molecule has 0 heterocycles. The summed E-state index contributed by atoms with van der Waals surface area (Å²) in [6.45, 7) is 1.55. The van der Waals surface area contributed by atoms with Gasteiger partial charge in [-0.2, -0.15) is 10.5 Å². The van der Waals surface area contributed by atoms with Crippen LogP contribution in [0.5, 0.6) is 0 Å². The van der Waals surface area contributed by atoms with Crippen LogP contribution in [0.2, 0.25) is 0 Å². The molecule has 1 aromatic rings. The molecule has 0 bridgehead atoms. The number of nitriles is 2. The summed E-state index contributed by atoms with van der Waals surface area (Å²) in [6, 6.07) is 10.8. The number of hydrogen-bond donors (Lipinski definition) is 0. The zero-order chi connectivity index (χ0) is 13.8. The lowest BCUT2D eigenvalue weighted by atomic mass is 9.73. The van der Waals surface area contributed by atoms with Crippen molar-refractivity contribution in [3.05, 3.63) is 33.4 Å². The van der Waals surface area contributed by atoms with Gasteiger partial charge in [0.25, 0.3) is 0 Å². The second-order valence-electron chi connectivity index (χ2n) is 3.89. The van der Waals surface area contributed by atoms with Crippen molar-refractivity contribution >= 4 is 28.6 Å². The topological polar surface area (TPSA) is 73.9 Å². The van der Waals surface area contributed by atoms with Gasteiger partial charge in [-0.25, -0.2) is 0 Å². The number of halogens is 1. The Bertz CT molecular complexity index is 513. The molecule has 0 aromatic heterocycles. The first-order chi connectivity index (χ1) is 8.50. The maximum absolute atomic E-state index is 12.0. The van der Waals surface area contributed by atoms with Crippen molar-refractivity contribution in [2.45, 2.75) is 12.3 Å². The standard InChI is InChI=1S/C13H11IN2O2/c1-13(12(17)18-2,10(7-15)8-16)9-3-5-11(14)6-4-9/h3-6,10H,1-2H3/t13-/m0/s1. The first kappa shape index (κ1) is 14.5. The Morgan fingerprint density at radius 1 is 1.33 bits per heavy atom. The highest BCUT2D eigenvalue weighted by molar-refractivity contribution is 14.1. The van der Waals surface area contributed by atoms with Gasteiger partial charge in [-0.1, -0.05) is 12.1 Å². The van der Waals surface area contributed by atoms with Crippen molar-refractivity contribution < 1.29 is 9.53 Å².